The Balaban J connectivity index is 1.41. The second-order valence-electron chi connectivity index (χ2n) is 6.82. The van der Waals surface area contributed by atoms with E-state index in [1.165, 1.54) is 50.5 Å². The number of piperidine rings is 1. The van der Waals surface area contributed by atoms with E-state index in [0.29, 0.717) is 17.7 Å². The highest BCUT2D eigenvalue weighted by molar-refractivity contribution is 7.80. The zero-order chi connectivity index (χ0) is 15.4. The number of allylic oxidation sites excluding steroid dienone is 1. The Morgan fingerprint density at radius 3 is 2.86 bits per heavy atom. The van der Waals surface area contributed by atoms with Crippen LogP contribution in [0.15, 0.2) is 11.6 Å². The van der Waals surface area contributed by atoms with Crippen LogP contribution >= 0.6 is 12.2 Å². The first-order valence-electron chi connectivity index (χ1n) is 8.73. The number of carbonyl (C=O) groups is 1. The number of fused-ring (bicyclic) bond motifs is 1. The van der Waals surface area contributed by atoms with Crippen molar-refractivity contribution in [2.45, 2.75) is 57.4 Å². The maximum atomic E-state index is 12.4. The molecule has 1 saturated carbocycles. The minimum absolute atomic E-state index is 0.167. The highest BCUT2D eigenvalue weighted by Gasteiger charge is 2.27. The second-order valence-corrected chi connectivity index (χ2v) is 7.23. The van der Waals surface area contributed by atoms with E-state index in [9.17, 15) is 4.79 Å². The zero-order valence-electron chi connectivity index (χ0n) is 13.3. The van der Waals surface area contributed by atoms with Crippen molar-refractivity contribution in [3.63, 3.8) is 0 Å². The quantitative estimate of drug-likeness (QED) is 0.619. The molecule has 1 heterocycles. The number of likely N-dealkylation sites (tertiary alicyclic amines) is 1. The van der Waals surface area contributed by atoms with Gasteiger partial charge in [-0.2, -0.15) is 0 Å². The van der Waals surface area contributed by atoms with Crippen molar-refractivity contribution in [3.8, 4) is 0 Å². The smallest absolute Gasteiger partial charge is 0.242 e. The van der Waals surface area contributed by atoms with Gasteiger partial charge in [0.25, 0.3) is 0 Å². The fourth-order valence-electron chi connectivity index (χ4n) is 3.93. The maximum absolute atomic E-state index is 12.4. The second kappa shape index (κ2) is 7.44. The summed E-state index contributed by atoms with van der Waals surface area (Å²) in [4.78, 5) is 14.3. The van der Waals surface area contributed by atoms with E-state index in [4.69, 9.17) is 12.2 Å². The van der Waals surface area contributed by atoms with E-state index < -0.39 is 0 Å². The molecule has 122 valence electrons. The van der Waals surface area contributed by atoms with Crippen molar-refractivity contribution < 1.29 is 4.79 Å². The molecule has 22 heavy (non-hydrogen) atoms. The lowest BCUT2D eigenvalue weighted by Gasteiger charge is -2.36. The van der Waals surface area contributed by atoms with E-state index in [-0.39, 0.29) is 5.91 Å². The Morgan fingerprint density at radius 1 is 1.23 bits per heavy atom. The third-order valence-electron chi connectivity index (χ3n) is 5.25. The van der Waals surface area contributed by atoms with Gasteiger partial charge in [-0.05, 0) is 56.7 Å². The average Bonchev–Trinajstić information content (AvgIpc) is 3.05. The Kier molecular flexibility index (Phi) is 5.34. The van der Waals surface area contributed by atoms with Gasteiger partial charge < -0.3 is 15.5 Å². The number of hydrogen-bond donors (Lipinski definition) is 2. The molecule has 2 N–H and O–H groups in total. The van der Waals surface area contributed by atoms with Crippen molar-refractivity contribution in [2.24, 2.45) is 5.92 Å². The molecule has 5 heteroatoms. The fourth-order valence-corrected chi connectivity index (χ4v) is 4.16. The van der Waals surface area contributed by atoms with Crippen molar-refractivity contribution in [1.29, 1.82) is 0 Å². The predicted octanol–water partition coefficient (Wildman–Crippen LogP) is 2.35. The lowest BCUT2D eigenvalue weighted by atomic mass is 9.82. The highest BCUT2D eigenvalue weighted by atomic mass is 32.1. The number of amides is 1. The SMILES string of the molecule is O=C(CNC(=S)NC1CCCC1)N1CCC2CCCC=C2C1. The van der Waals surface area contributed by atoms with Gasteiger partial charge in [0.05, 0.1) is 6.54 Å². The van der Waals surface area contributed by atoms with E-state index in [1.807, 2.05) is 4.90 Å². The number of nitrogens with zero attached hydrogens (tertiary/aromatic N) is 1. The molecule has 2 aliphatic carbocycles. The van der Waals surface area contributed by atoms with Gasteiger partial charge >= 0.3 is 0 Å². The van der Waals surface area contributed by atoms with Gasteiger partial charge in [0.15, 0.2) is 5.11 Å². The van der Waals surface area contributed by atoms with Crippen molar-refractivity contribution in [1.82, 2.24) is 15.5 Å². The number of thiocarbonyl (C=S) groups is 1. The van der Waals surface area contributed by atoms with Crippen LogP contribution < -0.4 is 10.6 Å². The van der Waals surface area contributed by atoms with Crippen LogP contribution in [0.2, 0.25) is 0 Å². The summed E-state index contributed by atoms with van der Waals surface area (Å²) in [5, 5.41) is 7.04. The predicted molar refractivity (Wildman–Crippen MR) is 92.6 cm³/mol. The molecule has 0 radical (unpaired) electrons. The van der Waals surface area contributed by atoms with Crippen LogP contribution in [0.4, 0.5) is 0 Å². The van der Waals surface area contributed by atoms with Crippen LogP contribution in [0.3, 0.4) is 0 Å². The Bertz CT molecular complexity index is 457. The minimum atomic E-state index is 0.167. The van der Waals surface area contributed by atoms with E-state index in [0.717, 1.165) is 25.4 Å². The minimum Gasteiger partial charge on any atom is -0.360 e. The molecule has 1 amide bonds. The molecule has 0 aromatic rings. The van der Waals surface area contributed by atoms with Gasteiger partial charge in [0.1, 0.15) is 0 Å². The summed E-state index contributed by atoms with van der Waals surface area (Å²) in [6.45, 7) is 2.04. The van der Waals surface area contributed by atoms with Crippen LogP contribution in [0.25, 0.3) is 0 Å². The number of rotatable bonds is 3. The first kappa shape index (κ1) is 15.8. The third-order valence-corrected chi connectivity index (χ3v) is 5.51. The molecule has 0 bridgehead atoms. The zero-order valence-corrected chi connectivity index (χ0v) is 14.1. The first-order chi connectivity index (χ1) is 10.7. The van der Waals surface area contributed by atoms with E-state index in [1.54, 1.807) is 0 Å². The Labute approximate surface area is 138 Å². The van der Waals surface area contributed by atoms with Gasteiger partial charge in [-0.3, -0.25) is 4.79 Å². The largest absolute Gasteiger partial charge is 0.360 e. The third kappa shape index (κ3) is 4.00. The summed E-state index contributed by atoms with van der Waals surface area (Å²) in [6.07, 6.45) is 12.2. The average molecular weight is 321 g/mol. The molecule has 3 rings (SSSR count). The summed E-state index contributed by atoms with van der Waals surface area (Å²) in [5.41, 5.74) is 1.48. The molecule has 0 aromatic heterocycles. The molecular weight excluding hydrogens is 294 g/mol. The summed E-state index contributed by atoms with van der Waals surface area (Å²) in [7, 11) is 0. The molecule has 0 aromatic carbocycles. The normalized spacial score (nSPS) is 25.4. The van der Waals surface area contributed by atoms with Crippen molar-refractivity contribution in [2.75, 3.05) is 19.6 Å². The van der Waals surface area contributed by atoms with Crippen LogP contribution in [0.1, 0.15) is 51.4 Å². The van der Waals surface area contributed by atoms with Gasteiger partial charge in [0.2, 0.25) is 5.91 Å². The van der Waals surface area contributed by atoms with E-state index >= 15 is 0 Å². The molecule has 3 aliphatic rings. The monoisotopic (exact) mass is 321 g/mol. The van der Waals surface area contributed by atoms with Crippen LogP contribution in [-0.4, -0.2) is 41.6 Å². The molecule has 2 fully saturated rings. The highest BCUT2D eigenvalue weighted by Crippen LogP contribution is 2.31. The number of carbonyl (C=O) groups excluding carboxylic acids is 1. The van der Waals surface area contributed by atoms with Gasteiger partial charge in [-0.15, -0.1) is 0 Å². The molecule has 4 nitrogen and oxygen atoms in total. The maximum Gasteiger partial charge on any atom is 0.242 e. The lowest BCUT2D eigenvalue weighted by Crippen LogP contribution is -2.48. The fraction of sp³-hybridized carbons (Fsp3) is 0.765. The van der Waals surface area contributed by atoms with Gasteiger partial charge in [-0.25, -0.2) is 0 Å². The van der Waals surface area contributed by atoms with Gasteiger partial charge in [0, 0.05) is 19.1 Å². The Hall–Kier alpha value is -1.10. The summed E-state index contributed by atoms with van der Waals surface area (Å²) in [5.74, 6) is 0.899. The molecule has 1 aliphatic heterocycles. The summed E-state index contributed by atoms with van der Waals surface area (Å²) in [6, 6.07) is 0.498. The van der Waals surface area contributed by atoms with Crippen LogP contribution in [0.5, 0.6) is 0 Å². The molecule has 1 unspecified atom stereocenters. The van der Waals surface area contributed by atoms with Gasteiger partial charge in [-0.1, -0.05) is 24.5 Å². The summed E-state index contributed by atoms with van der Waals surface area (Å²) >= 11 is 5.30. The number of hydrogen-bond acceptors (Lipinski definition) is 2. The van der Waals surface area contributed by atoms with Crippen molar-refractivity contribution >= 4 is 23.2 Å². The first-order valence-corrected chi connectivity index (χ1v) is 9.14. The standard InChI is InChI=1S/C17H27N3OS/c21-16(11-18-17(22)19-15-7-3-4-8-15)20-10-9-13-5-1-2-6-14(13)12-20/h6,13,15H,1-5,7-12H2,(H2,18,19,22). The number of nitrogens with one attached hydrogen (secondary N) is 2. The van der Waals surface area contributed by atoms with Crippen molar-refractivity contribution in [3.05, 3.63) is 11.6 Å². The topological polar surface area (TPSA) is 44.4 Å². The Morgan fingerprint density at radius 2 is 2.05 bits per heavy atom. The van der Waals surface area contributed by atoms with Crippen LogP contribution in [-0.2, 0) is 4.79 Å². The molecular formula is C17H27N3OS. The molecule has 1 saturated heterocycles. The lowest BCUT2D eigenvalue weighted by molar-refractivity contribution is -0.130. The molecule has 0 spiro atoms. The van der Waals surface area contributed by atoms with E-state index in [2.05, 4.69) is 16.7 Å². The summed E-state index contributed by atoms with van der Waals surface area (Å²) < 4.78 is 0. The van der Waals surface area contributed by atoms with Crippen LogP contribution in [0, 0.1) is 5.92 Å². The molecule has 1 atom stereocenters.